The first-order valence-electron chi connectivity index (χ1n) is 8.50. The molecule has 0 spiro atoms. The number of fused-ring (bicyclic) bond motifs is 8. The molecule has 2 aliphatic carbocycles. The van der Waals surface area contributed by atoms with Crippen LogP contribution in [0.1, 0.15) is 12.8 Å². The normalized spacial score (nSPS) is 38.5. The Kier molecular flexibility index (Phi) is 2.68. The van der Waals surface area contributed by atoms with E-state index in [2.05, 4.69) is 17.0 Å². The van der Waals surface area contributed by atoms with Crippen LogP contribution in [-0.4, -0.2) is 46.4 Å². The van der Waals surface area contributed by atoms with E-state index in [1.165, 1.54) is 10.6 Å². The van der Waals surface area contributed by atoms with Crippen molar-refractivity contribution in [1.29, 1.82) is 0 Å². The van der Waals surface area contributed by atoms with Crippen LogP contribution in [0.25, 0.3) is 0 Å². The molecule has 2 bridgehead atoms. The van der Waals surface area contributed by atoms with Crippen LogP contribution in [0.5, 0.6) is 0 Å². The van der Waals surface area contributed by atoms with Gasteiger partial charge >= 0.3 is 5.97 Å². The molecular weight excluding hydrogens is 308 g/mol. The second-order valence-corrected chi connectivity index (χ2v) is 7.31. The van der Waals surface area contributed by atoms with Crippen LogP contribution in [0.2, 0.25) is 0 Å². The van der Waals surface area contributed by atoms with Gasteiger partial charge in [-0.25, -0.2) is 0 Å². The number of hydrogen-bond donors (Lipinski definition) is 1. The zero-order valence-electron chi connectivity index (χ0n) is 13.0. The minimum absolute atomic E-state index is 0.0111. The van der Waals surface area contributed by atoms with Gasteiger partial charge in [-0.1, -0.05) is 18.2 Å². The number of hydrogen-bond acceptors (Lipinski definition) is 4. The van der Waals surface area contributed by atoms with Crippen molar-refractivity contribution in [2.45, 2.75) is 24.9 Å². The van der Waals surface area contributed by atoms with E-state index in [4.69, 9.17) is 5.11 Å². The molecule has 2 amide bonds. The number of carbonyl (C=O) groups excluding carboxylic acids is 2. The monoisotopic (exact) mass is 326 g/mol. The molecule has 1 N–H and O–H groups in total. The lowest BCUT2D eigenvalue weighted by atomic mass is 9.81. The van der Waals surface area contributed by atoms with Gasteiger partial charge in [-0.15, -0.1) is 0 Å². The van der Waals surface area contributed by atoms with Crippen molar-refractivity contribution in [1.82, 2.24) is 4.90 Å². The Morgan fingerprint density at radius 2 is 1.62 bits per heavy atom. The summed E-state index contributed by atoms with van der Waals surface area (Å²) in [5.41, 5.74) is 1.17. The molecule has 6 nitrogen and oxygen atoms in total. The third-order valence-electron chi connectivity index (χ3n) is 6.34. The van der Waals surface area contributed by atoms with Crippen LogP contribution in [-0.2, 0) is 14.4 Å². The summed E-state index contributed by atoms with van der Waals surface area (Å²) in [6.45, 7) is 0.0111. The van der Waals surface area contributed by atoms with Crippen molar-refractivity contribution in [3.8, 4) is 0 Å². The summed E-state index contributed by atoms with van der Waals surface area (Å²) < 4.78 is 0. The summed E-state index contributed by atoms with van der Waals surface area (Å²) >= 11 is 0. The number of amides is 2. The lowest BCUT2D eigenvalue weighted by Gasteiger charge is -2.19. The Bertz CT molecular complexity index is 715. The van der Waals surface area contributed by atoms with Crippen LogP contribution in [0, 0.1) is 23.7 Å². The number of carboxylic acid groups (broad SMARTS) is 1. The predicted molar refractivity (Wildman–Crippen MR) is 84.0 cm³/mol. The Hall–Kier alpha value is -2.37. The first-order chi connectivity index (χ1) is 11.6. The molecule has 6 heteroatoms. The first-order valence-corrected chi connectivity index (χ1v) is 8.50. The van der Waals surface area contributed by atoms with E-state index < -0.39 is 5.97 Å². The maximum atomic E-state index is 12.7. The summed E-state index contributed by atoms with van der Waals surface area (Å²) in [6.07, 6.45) is 0.785. The van der Waals surface area contributed by atoms with Crippen LogP contribution in [0.3, 0.4) is 0 Å². The standard InChI is InChI=1S/C18H18N2O4/c21-12(22)6-7-19-17(23)13-10-8-11(14(13)18(19)24)16-15(10)20(16)9-4-2-1-3-5-9/h1-5,10-11,13-16H,6-8H2,(H,21,22). The van der Waals surface area contributed by atoms with Crippen molar-refractivity contribution in [3.63, 3.8) is 0 Å². The highest BCUT2D eigenvalue weighted by Gasteiger charge is 2.75. The van der Waals surface area contributed by atoms with Gasteiger partial charge in [0.25, 0.3) is 0 Å². The average molecular weight is 326 g/mol. The van der Waals surface area contributed by atoms with Crippen molar-refractivity contribution < 1.29 is 19.5 Å². The average Bonchev–Trinajstić information content (AvgIpc) is 2.93. The van der Waals surface area contributed by atoms with Crippen molar-refractivity contribution in [3.05, 3.63) is 30.3 Å². The quantitative estimate of drug-likeness (QED) is 0.659. The fourth-order valence-corrected chi connectivity index (χ4v) is 5.55. The van der Waals surface area contributed by atoms with Crippen LogP contribution < -0.4 is 4.90 Å². The van der Waals surface area contributed by atoms with Crippen LogP contribution in [0.4, 0.5) is 5.69 Å². The highest BCUT2D eigenvalue weighted by Crippen LogP contribution is 2.66. The summed E-state index contributed by atoms with van der Waals surface area (Å²) in [5.74, 6) is -1.26. The van der Waals surface area contributed by atoms with E-state index in [1.807, 2.05) is 18.2 Å². The smallest absolute Gasteiger partial charge is 0.305 e. The van der Waals surface area contributed by atoms with E-state index in [-0.39, 0.29) is 48.5 Å². The third kappa shape index (κ3) is 1.63. The number of piperidine rings is 1. The molecule has 2 saturated carbocycles. The zero-order chi connectivity index (χ0) is 16.6. The Labute approximate surface area is 139 Å². The second kappa shape index (κ2) is 4.59. The summed E-state index contributed by atoms with van der Waals surface area (Å²) in [6, 6.07) is 10.9. The molecule has 2 heterocycles. The molecule has 24 heavy (non-hydrogen) atoms. The van der Waals surface area contributed by atoms with Gasteiger partial charge in [-0.3, -0.25) is 19.3 Å². The number of carboxylic acids is 1. The minimum Gasteiger partial charge on any atom is -0.481 e. The molecule has 4 aliphatic rings. The highest BCUT2D eigenvalue weighted by molar-refractivity contribution is 6.06. The Morgan fingerprint density at radius 1 is 1.04 bits per heavy atom. The topological polar surface area (TPSA) is 77.7 Å². The molecule has 0 aromatic heterocycles. The van der Waals surface area contributed by atoms with Crippen LogP contribution >= 0.6 is 0 Å². The first kappa shape index (κ1) is 14.0. The number of imide groups is 1. The molecule has 2 aliphatic heterocycles. The fraction of sp³-hybridized carbons (Fsp3) is 0.500. The molecule has 2 saturated heterocycles. The summed E-state index contributed by atoms with van der Waals surface area (Å²) in [7, 11) is 0. The Morgan fingerprint density at radius 3 is 2.17 bits per heavy atom. The third-order valence-corrected chi connectivity index (χ3v) is 6.34. The van der Waals surface area contributed by atoms with Gasteiger partial charge in [0.2, 0.25) is 11.8 Å². The number of benzene rings is 1. The predicted octanol–water partition coefficient (Wildman–Crippen LogP) is 0.969. The number of carbonyl (C=O) groups is 3. The maximum absolute atomic E-state index is 12.7. The molecule has 5 rings (SSSR count). The molecule has 6 atom stereocenters. The van der Waals surface area contributed by atoms with E-state index in [0.29, 0.717) is 12.1 Å². The largest absolute Gasteiger partial charge is 0.481 e. The van der Waals surface area contributed by atoms with Gasteiger partial charge in [0, 0.05) is 12.2 Å². The van der Waals surface area contributed by atoms with Gasteiger partial charge in [0.05, 0.1) is 30.3 Å². The molecule has 4 fully saturated rings. The van der Waals surface area contributed by atoms with Gasteiger partial charge in [-0.2, -0.15) is 0 Å². The van der Waals surface area contributed by atoms with Crippen molar-refractivity contribution in [2.75, 3.05) is 11.4 Å². The molecule has 124 valence electrons. The van der Waals surface area contributed by atoms with E-state index in [9.17, 15) is 14.4 Å². The van der Waals surface area contributed by atoms with Gasteiger partial charge in [0.1, 0.15) is 0 Å². The zero-order valence-corrected chi connectivity index (χ0v) is 13.0. The Balaban J connectivity index is 1.39. The molecule has 6 unspecified atom stereocenters. The minimum atomic E-state index is -0.978. The van der Waals surface area contributed by atoms with Crippen LogP contribution in [0.15, 0.2) is 30.3 Å². The maximum Gasteiger partial charge on any atom is 0.305 e. The SMILES string of the molecule is O=C(O)CCN1C(=O)C2C3CC(C2C1=O)C1C3N1c1ccccc1. The van der Waals surface area contributed by atoms with E-state index in [0.717, 1.165) is 6.42 Å². The van der Waals surface area contributed by atoms with Crippen molar-refractivity contribution >= 4 is 23.5 Å². The molecule has 1 aromatic rings. The van der Waals surface area contributed by atoms with Gasteiger partial charge < -0.3 is 10.0 Å². The number of likely N-dealkylation sites (tertiary alicyclic amines) is 1. The highest BCUT2D eigenvalue weighted by atomic mass is 16.4. The molecular formula is C18H18N2O4. The second-order valence-electron chi connectivity index (χ2n) is 7.31. The van der Waals surface area contributed by atoms with Gasteiger partial charge in [0.15, 0.2) is 0 Å². The van der Waals surface area contributed by atoms with E-state index in [1.54, 1.807) is 0 Å². The molecule has 0 radical (unpaired) electrons. The molecule has 1 aromatic carbocycles. The lowest BCUT2D eigenvalue weighted by Crippen LogP contribution is -2.35. The summed E-state index contributed by atoms with van der Waals surface area (Å²) in [5, 5.41) is 8.82. The lowest BCUT2D eigenvalue weighted by molar-refractivity contribution is -0.142. The number of nitrogens with zero attached hydrogens (tertiary/aromatic N) is 2. The number of para-hydroxylation sites is 1. The van der Waals surface area contributed by atoms with Crippen molar-refractivity contribution in [2.24, 2.45) is 23.7 Å². The number of rotatable bonds is 4. The summed E-state index contributed by atoms with van der Waals surface area (Å²) in [4.78, 5) is 39.7. The number of anilines is 1. The fourth-order valence-electron chi connectivity index (χ4n) is 5.55. The van der Waals surface area contributed by atoms with E-state index >= 15 is 0 Å². The number of aliphatic carboxylic acids is 1. The van der Waals surface area contributed by atoms with Gasteiger partial charge in [-0.05, 0) is 30.4 Å².